The summed E-state index contributed by atoms with van der Waals surface area (Å²) in [5.41, 5.74) is 0. The molecule has 84 valence electrons. The van der Waals surface area contributed by atoms with E-state index in [-0.39, 0.29) is 11.7 Å². The third-order valence-corrected chi connectivity index (χ3v) is 2.43. The number of carbonyl (C=O) groups is 2. The van der Waals surface area contributed by atoms with Crippen molar-refractivity contribution in [2.75, 3.05) is 11.4 Å². The quantitative estimate of drug-likeness (QED) is 0.794. The zero-order chi connectivity index (χ0) is 11.5. The van der Waals surface area contributed by atoms with E-state index in [1.807, 2.05) is 0 Å². The lowest BCUT2D eigenvalue weighted by Gasteiger charge is -2.25. The standard InChI is InChI=1S/C10H11N3O3/c14-8-3-1-2-6-13(8)7-4-5-11-9(12-7)10(15)16/h4-5H,1-3,6H2,(H,15,16). The molecule has 0 spiro atoms. The molecule has 2 heterocycles. The van der Waals surface area contributed by atoms with Crippen molar-refractivity contribution in [3.63, 3.8) is 0 Å². The van der Waals surface area contributed by atoms with Gasteiger partial charge in [-0.15, -0.1) is 0 Å². The molecular weight excluding hydrogens is 210 g/mol. The molecular formula is C10H11N3O3. The molecule has 1 aromatic rings. The van der Waals surface area contributed by atoms with E-state index in [0.717, 1.165) is 12.8 Å². The minimum atomic E-state index is -1.19. The van der Waals surface area contributed by atoms with Crippen molar-refractivity contribution < 1.29 is 14.7 Å². The van der Waals surface area contributed by atoms with Crippen LogP contribution in [-0.4, -0.2) is 33.5 Å². The van der Waals surface area contributed by atoms with Crippen molar-refractivity contribution in [1.82, 2.24) is 9.97 Å². The smallest absolute Gasteiger partial charge is 0.374 e. The summed E-state index contributed by atoms with van der Waals surface area (Å²) >= 11 is 0. The summed E-state index contributed by atoms with van der Waals surface area (Å²) in [6.45, 7) is 0.592. The van der Waals surface area contributed by atoms with E-state index in [0.29, 0.717) is 18.8 Å². The van der Waals surface area contributed by atoms with Gasteiger partial charge in [0.1, 0.15) is 5.82 Å². The molecule has 0 atom stereocenters. The number of carboxylic acid groups (broad SMARTS) is 1. The van der Waals surface area contributed by atoms with Crippen LogP contribution in [0.5, 0.6) is 0 Å². The van der Waals surface area contributed by atoms with E-state index >= 15 is 0 Å². The van der Waals surface area contributed by atoms with Gasteiger partial charge in [-0.2, -0.15) is 0 Å². The number of anilines is 1. The monoisotopic (exact) mass is 221 g/mol. The van der Waals surface area contributed by atoms with Crippen LogP contribution in [0, 0.1) is 0 Å². The topological polar surface area (TPSA) is 83.4 Å². The molecule has 1 aromatic heterocycles. The third kappa shape index (κ3) is 2.00. The van der Waals surface area contributed by atoms with E-state index in [2.05, 4.69) is 9.97 Å². The molecule has 6 nitrogen and oxygen atoms in total. The highest BCUT2D eigenvalue weighted by atomic mass is 16.4. The maximum Gasteiger partial charge on any atom is 0.374 e. The van der Waals surface area contributed by atoms with E-state index in [9.17, 15) is 9.59 Å². The van der Waals surface area contributed by atoms with Gasteiger partial charge in [0.15, 0.2) is 0 Å². The summed E-state index contributed by atoms with van der Waals surface area (Å²) in [5, 5.41) is 8.75. The molecule has 2 rings (SSSR count). The summed E-state index contributed by atoms with van der Waals surface area (Å²) in [7, 11) is 0. The molecule has 1 saturated heterocycles. The Morgan fingerprint density at radius 3 is 2.94 bits per heavy atom. The lowest BCUT2D eigenvalue weighted by molar-refractivity contribution is -0.119. The van der Waals surface area contributed by atoms with E-state index in [4.69, 9.17) is 5.11 Å². The van der Waals surface area contributed by atoms with Gasteiger partial charge in [0.25, 0.3) is 0 Å². The van der Waals surface area contributed by atoms with Crippen molar-refractivity contribution >= 4 is 17.7 Å². The zero-order valence-corrected chi connectivity index (χ0v) is 8.59. The number of carbonyl (C=O) groups excluding carboxylic acids is 1. The van der Waals surface area contributed by atoms with Gasteiger partial charge >= 0.3 is 5.97 Å². The normalized spacial score (nSPS) is 16.2. The number of hydrogen-bond donors (Lipinski definition) is 1. The van der Waals surface area contributed by atoms with Crippen molar-refractivity contribution in [2.45, 2.75) is 19.3 Å². The first-order chi connectivity index (χ1) is 7.68. The molecule has 0 radical (unpaired) electrons. The van der Waals surface area contributed by atoms with Gasteiger partial charge < -0.3 is 5.11 Å². The number of rotatable bonds is 2. The molecule has 0 saturated carbocycles. The maximum absolute atomic E-state index is 11.6. The van der Waals surface area contributed by atoms with Crippen LogP contribution in [0.15, 0.2) is 12.3 Å². The number of amides is 1. The average molecular weight is 221 g/mol. The van der Waals surface area contributed by atoms with Gasteiger partial charge in [0.05, 0.1) is 0 Å². The van der Waals surface area contributed by atoms with Crippen LogP contribution in [0.3, 0.4) is 0 Å². The Hall–Kier alpha value is -1.98. The lowest BCUT2D eigenvalue weighted by Crippen LogP contribution is -2.36. The fourth-order valence-electron chi connectivity index (χ4n) is 1.65. The lowest BCUT2D eigenvalue weighted by atomic mass is 10.1. The van der Waals surface area contributed by atoms with E-state index in [1.54, 1.807) is 6.07 Å². The Balaban J connectivity index is 2.28. The molecule has 0 bridgehead atoms. The van der Waals surface area contributed by atoms with Crippen LogP contribution >= 0.6 is 0 Å². The molecule has 0 aromatic carbocycles. The first-order valence-electron chi connectivity index (χ1n) is 5.05. The second-order valence-electron chi connectivity index (χ2n) is 3.55. The average Bonchev–Trinajstić information content (AvgIpc) is 2.30. The third-order valence-electron chi connectivity index (χ3n) is 2.43. The second kappa shape index (κ2) is 4.26. The zero-order valence-electron chi connectivity index (χ0n) is 8.59. The molecule has 1 aliphatic heterocycles. The summed E-state index contributed by atoms with van der Waals surface area (Å²) in [6, 6.07) is 1.55. The van der Waals surface area contributed by atoms with Gasteiger partial charge in [-0.3, -0.25) is 9.69 Å². The van der Waals surface area contributed by atoms with Gasteiger partial charge in [-0.25, -0.2) is 14.8 Å². The predicted octanol–water partition coefficient (Wildman–Crippen LogP) is 0.692. The summed E-state index contributed by atoms with van der Waals surface area (Å²) in [5.74, 6) is -1.11. The Labute approximate surface area is 91.9 Å². The number of piperidine rings is 1. The first-order valence-corrected chi connectivity index (χ1v) is 5.05. The van der Waals surface area contributed by atoms with Gasteiger partial charge in [-0.1, -0.05) is 0 Å². The number of aromatic carboxylic acids is 1. The van der Waals surface area contributed by atoms with Gasteiger partial charge in [0, 0.05) is 19.2 Å². The fraction of sp³-hybridized carbons (Fsp3) is 0.400. The number of hydrogen-bond acceptors (Lipinski definition) is 4. The van der Waals surface area contributed by atoms with Gasteiger partial charge in [-0.05, 0) is 18.9 Å². The van der Waals surface area contributed by atoms with Crippen LogP contribution < -0.4 is 4.90 Å². The molecule has 1 N–H and O–H groups in total. The van der Waals surface area contributed by atoms with Crippen LogP contribution in [0.1, 0.15) is 29.9 Å². The molecule has 16 heavy (non-hydrogen) atoms. The van der Waals surface area contributed by atoms with Crippen LogP contribution in [-0.2, 0) is 4.79 Å². The van der Waals surface area contributed by atoms with E-state index < -0.39 is 5.97 Å². The summed E-state index contributed by atoms with van der Waals surface area (Å²) < 4.78 is 0. The fourth-order valence-corrected chi connectivity index (χ4v) is 1.65. The van der Waals surface area contributed by atoms with Crippen molar-refractivity contribution in [2.24, 2.45) is 0 Å². The van der Waals surface area contributed by atoms with Crippen molar-refractivity contribution in [3.05, 3.63) is 18.1 Å². The van der Waals surface area contributed by atoms with Gasteiger partial charge in [0.2, 0.25) is 11.7 Å². The Morgan fingerprint density at radius 2 is 2.25 bits per heavy atom. The first kappa shape index (κ1) is 10.5. The van der Waals surface area contributed by atoms with Crippen LogP contribution in [0.2, 0.25) is 0 Å². The minimum Gasteiger partial charge on any atom is -0.475 e. The minimum absolute atomic E-state index is 0.0127. The number of aromatic nitrogens is 2. The highest BCUT2D eigenvalue weighted by molar-refractivity contribution is 5.93. The number of nitrogens with zero attached hydrogens (tertiary/aromatic N) is 3. The molecule has 0 unspecified atom stereocenters. The molecule has 1 fully saturated rings. The number of carboxylic acids is 1. The molecule has 0 aliphatic carbocycles. The molecule has 1 aliphatic rings. The highest BCUT2D eigenvalue weighted by Gasteiger charge is 2.21. The van der Waals surface area contributed by atoms with Crippen LogP contribution in [0.4, 0.5) is 5.82 Å². The molecule has 6 heteroatoms. The summed E-state index contributed by atoms with van der Waals surface area (Å²) in [6.07, 6.45) is 3.64. The Kier molecular flexibility index (Phi) is 2.80. The highest BCUT2D eigenvalue weighted by Crippen LogP contribution is 2.18. The SMILES string of the molecule is O=C(O)c1nccc(N2CCCCC2=O)n1. The van der Waals surface area contributed by atoms with Crippen molar-refractivity contribution in [1.29, 1.82) is 0 Å². The largest absolute Gasteiger partial charge is 0.475 e. The van der Waals surface area contributed by atoms with Crippen molar-refractivity contribution in [3.8, 4) is 0 Å². The molecule has 1 amide bonds. The predicted molar refractivity (Wildman–Crippen MR) is 55.2 cm³/mol. The Morgan fingerprint density at radius 1 is 1.44 bits per heavy atom. The van der Waals surface area contributed by atoms with E-state index in [1.165, 1.54) is 11.1 Å². The Bertz CT molecular complexity index is 433. The maximum atomic E-state index is 11.6. The van der Waals surface area contributed by atoms with Crippen LogP contribution in [0.25, 0.3) is 0 Å². The second-order valence-corrected chi connectivity index (χ2v) is 3.55. The summed E-state index contributed by atoms with van der Waals surface area (Å²) in [4.78, 5) is 31.2.